The molecule has 13 nitrogen and oxygen atoms in total. The van der Waals surface area contributed by atoms with Gasteiger partial charge >= 0.3 is 18.2 Å². The number of halogens is 3. The smallest absolute Gasteiger partial charge is 0.321 e. The molecule has 0 bridgehead atoms. The zero-order valence-corrected chi connectivity index (χ0v) is 27.7. The standard InChI is InChI=1S/C34H32F3N9O4S/c35-34(36,37)23-8-12-27(13-9-23)46-31(48)28(42-33(46)50)18-38-43-29(47)20-45-16-14-44(15-17-45)19-26-21-51-30(39-26)22-6-10-25(11-7-22)41-32(49)40-24-4-2-1-3-5-24/h1-13,18,21,28H,14-17,19-20H2,(H,42,50)(H,43,47)(H2,40,41,49)/b38-18+. The van der Waals surface area contributed by atoms with E-state index in [-0.39, 0.29) is 18.3 Å². The molecule has 2 saturated heterocycles. The molecule has 2 fully saturated rings. The third-order valence-electron chi connectivity index (χ3n) is 8.03. The molecule has 0 spiro atoms. The lowest BCUT2D eigenvalue weighted by atomic mass is 10.2. The molecular weight excluding hydrogens is 687 g/mol. The minimum Gasteiger partial charge on any atom is -0.321 e. The summed E-state index contributed by atoms with van der Waals surface area (Å²) in [6.45, 7) is 3.45. The number of nitrogens with one attached hydrogen (secondary N) is 4. The molecule has 0 aliphatic carbocycles. The van der Waals surface area contributed by atoms with Gasteiger partial charge in [-0.15, -0.1) is 11.3 Å². The highest BCUT2D eigenvalue weighted by molar-refractivity contribution is 7.13. The van der Waals surface area contributed by atoms with Gasteiger partial charge in [0.1, 0.15) is 11.0 Å². The Balaban J connectivity index is 0.908. The van der Waals surface area contributed by atoms with Gasteiger partial charge < -0.3 is 16.0 Å². The fourth-order valence-electron chi connectivity index (χ4n) is 5.42. The molecule has 0 saturated carbocycles. The van der Waals surface area contributed by atoms with E-state index >= 15 is 0 Å². The van der Waals surface area contributed by atoms with Crippen molar-refractivity contribution in [2.24, 2.45) is 5.10 Å². The van der Waals surface area contributed by atoms with Gasteiger partial charge in [0, 0.05) is 55.0 Å². The van der Waals surface area contributed by atoms with Gasteiger partial charge in [-0.25, -0.2) is 24.9 Å². The predicted octanol–water partition coefficient (Wildman–Crippen LogP) is 4.82. The van der Waals surface area contributed by atoms with E-state index in [1.807, 2.05) is 64.9 Å². The van der Waals surface area contributed by atoms with Gasteiger partial charge in [-0.2, -0.15) is 18.3 Å². The van der Waals surface area contributed by atoms with Gasteiger partial charge in [-0.3, -0.25) is 19.4 Å². The molecule has 6 amide bonds. The van der Waals surface area contributed by atoms with E-state index in [1.165, 1.54) is 0 Å². The number of carbonyl (C=O) groups excluding carboxylic acids is 4. The summed E-state index contributed by atoms with van der Waals surface area (Å²) in [6, 6.07) is 18.0. The van der Waals surface area contributed by atoms with Gasteiger partial charge in [-0.1, -0.05) is 18.2 Å². The van der Waals surface area contributed by atoms with E-state index < -0.39 is 35.6 Å². The zero-order valence-electron chi connectivity index (χ0n) is 26.9. The number of nitrogens with zero attached hydrogens (tertiary/aromatic N) is 5. The minimum atomic E-state index is -4.55. The molecule has 1 unspecified atom stereocenters. The highest BCUT2D eigenvalue weighted by atomic mass is 32.1. The molecule has 1 atom stereocenters. The number of para-hydroxylation sites is 1. The lowest BCUT2D eigenvalue weighted by Crippen LogP contribution is -2.48. The van der Waals surface area contributed by atoms with Crippen molar-refractivity contribution < 1.29 is 32.3 Å². The van der Waals surface area contributed by atoms with E-state index in [0.29, 0.717) is 31.0 Å². The summed E-state index contributed by atoms with van der Waals surface area (Å²) in [5, 5.41) is 14.7. The van der Waals surface area contributed by atoms with Crippen LogP contribution in [0.1, 0.15) is 11.3 Å². The second-order valence-corrected chi connectivity index (χ2v) is 12.5. The molecule has 1 aromatic heterocycles. The first-order valence-corrected chi connectivity index (χ1v) is 16.7. The quantitative estimate of drug-likeness (QED) is 0.104. The summed E-state index contributed by atoms with van der Waals surface area (Å²) in [6.07, 6.45) is -3.48. The Morgan fingerprint density at radius 2 is 1.55 bits per heavy atom. The van der Waals surface area contributed by atoms with Crippen LogP contribution in [0.15, 0.2) is 89.3 Å². The second-order valence-electron chi connectivity index (χ2n) is 11.7. The first-order chi connectivity index (χ1) is 24.5. The van der Waals surface area contributed by atoms with E-state index in [0.717, 1.165) is 64.7 Å². The highest BCUT2D eigenvalue weighted by Gasteiger charge is 2.39. The third-order valence-corrected chi connectivity index (χ3v) is 8.97. The first kappa shape index (κ1) is 35.2. The van der Waals surface area contributed by atoms with E-state index in [1.54, 1.807) is 11.3 Å². The molecule has 4 N–H and O–H groups in total. The second kappa shape index (κ2) is 15.5. The predicted molar refractivity (Wildman–Crippen MR) is 186 cm³/mol. The summed E-state index contributed by atoms with van der Waals surface area (Å²) >= 11 is 1.54. The van der Waals surface area contributed by atoms with Crippen LogP contribution < -0.4 is 26.3 Å². The molecule has 6 rings (SSSR count). The Kier molecular flexibility index (Phi) is 10.7. The van der Waals surface area contributed by atoms with Crippen molar-refractivity contribution in [2.45, 2.75) is 18.8 Å². The number of aromatic nitrogens is 1. The Morgan fingerprint density at radius 1 is 0.902 bits per heavy atom. The highest BCUT2D eigenvalue weighted by Crippen LogP contribution is 2.31. The maximum absolute atomic E-state index is 12.9. The Bertz CT molecular complexity index is 1900. The van der Waals surface area contributed by atoms with Crippen LogP contribution >= 0.6 is 11.3 Å². The molecule has 264 valence electrons. The number of hydrogen-bond acceptors (Lipinski definition) is 9. The Morgan fingerprint density at radius 3 is 2.22 bits per heavy atom. The first-order valence-electron chi connectivity index (χ1n) is 15.8. The number of thiazole rings is 1. The average molecular weight is 720 g/mol. The normalized spacial score (nSPS) is 17.1. The number of alkyl halides is 3. The number of hydrazone groups is 1. The van der Waals surface area contributed by atoms with Crippen molar-refractivity contribution in [3.05, 3.63) is 95.5 Å². The number of rotatable bonds is 10. The summed E-state index contributed by atoms with van der Waals surface area (Å²) < 4.78 is 38.6. The summed E-state index contributed by atoms with van der Waals surface area (Å²) in [7, 11) is 0. The number of carbonyl (C=O) groups is 4. The molecule has 0 radical (unpaired) electrons. The van der Waals surface area contributed by atoms with Crippen LogP contribution in [0.2, 0.25) is 0 Å². The van der Waals surface area contributed by atoms with Crippen molar-refractivity contribution in [3.8, 4) is 10.6 Å². The number of hydrogen-bond donors (Lipinski definition) is 4. The van der Waals surface area contributed by atoms with E-state index in [4.69, 9.17) is 4.98 Å². The monoisotopic (exact) mass is 719 g/mol. The molecular formula is C34H32F3N9O4S. The lowest BCUT2D eigenvalue weighted by molar-refractivity contribution is -0.137. The number of benzene rings is 3. The Labute approximate surface area is 294 Å². The molecule has 51 heavy (non-hydrogen) atoms. The van der Waals surface area contributed by atoms with Crippen molar-refractivity contribution in [2.75, 3.05) is 48.3 Å². The summed E-state index contributed by atoms with van der Waals surface area (Å²) in [5.74, 6) is -1.14. The molecule has 3 aromatic carbocycles. The summed E-state index contributed by atoms with van der Waals surface area (Å²) in [5.41, 5.74) is 4.66. The van der Waals surface area contributed by atoms with Gasteiger partial charge in [0.25, 0.3) is 11.8 Å². The summed E-state index contributed by atoms with van der Waals surface area (Å²) in [4.78, 5) is 59.5. The number of imide groups is 1. The molecule has 2 aliphatic heterocycles. The van der Waals surface area contributed by atoms with Crippen molar-refractivity contribution in [1.29, 1.82) is 0 Å². The number of urea groups is 2. The largest absolute Gasteiger partial charge is 0.416 e. The molecule has 4 aromatic rings. The van der Waals surface area contributed by atoms with Crippen molar-refractivity contribution in [1.82, 2.24) is 25.5 Å². The lowest BCUT2D eigenvalue weighted by Gasteiger charge is -2.33. The van der Waals surface area contributed by atoms with Crippen molar-refractivity contribution >= 4 is 58.5 Å². The number of anilines is 3. The zero-order chi connectivity index (χ0) is 36.0. The average Bonchev–Trinajstić information content (AvgIpc) is 3.69. The van der Waals surface area contributed by atoms with Gasteiger partial charge in [-0.05, 0) is 60.7 Å². The number of piperazine rings is 1. The Hall–Kier alpha value is -5.65. The maximum Gasteiger partial charge on any atom is 0.416 e. The van der Waals surface area contributed by atoms with E-state index in [2.05, 4.69) is 31.4 Å². The third kappa shape index (κ3) is 9.13. The number of amides is 6. The van der Waals surface area contributed by atoms with Gasteiger partial charge in [0.2, 0.25) is 0 Å². The van der Waals surface area contributed by atoms with Crippen molar-refractivity contribution in [3.63, 3.8) is 0 Å². The van der Waals surface area contributed by atoms with Crippen LogP contribution in [0, 0.1) is 0 Å². The molecule has 17 heteroatoms. The van der Waals surface area contributed by atoms with Gasteiger partial charge in [0.15, 0.2) is 0 Å². The molecule has 3 heterocycles. The van der Waals surface area contributed by atoms with Gasteiger partial charge in [0.05, 0.1) is 29.7 Å². The minimum absolute atomic E-state index is 0.0223. The fourth-order valence-corrected chi connectivity index (χ4v) is 6.24. The van der Waals surface area contributed by atoms with Crippen LogP contribution in [-0.4, -0.2) is 83.6 Å². The molecule has 2 aliphatic rings. The van der Waals surface area contributed by atoms with Crippen LogP contribution in [0.4, 0.5) is 39.8 Å². The van der Waals surface area contributed by atoms with Crippen LogP contribution in [0.25, 0.3) is 10.6 Å². The fraction of sp³-hybridized carbons (Fsp3) is 0.235. The topological polar surface area (TPSA) is 151 Å². The van der Waals surface area contributed by atoms with Crippen LogP contribution in [0.3, 0.4) is 0 Å². The van der Waals surface area contributed by atoms with Crippen LogP contribution in [-0.2, 0) is 22.3 Å². The van der Waals surface area contributed by atoms with E-state index in [9.17, 15) is 32.3 Å². The maximum atomic E-state index is 12.9. The SMILES string of the molecule is O=C(CN1CCN(Cc2csc(-c3ccc(NC(=O)Nc4ccccc4)cc3)n2)CC1)N/N=C/C1NC(=O)N(c2ccc(C(F)(F)F)cc2)C1=O. The van der Waals surface area contributed by atoms with Crippen LogP contribution in [0.5, 0.6) is 0 Å².